The van der Waals surface area contributed by atoms with Crippen molar-refractivity contribution < 1.29 is 0 Å². The average molecular weight is 294 g/mol. The molecule has 0 aromatic carbocycles. The minimum absolute atomic E-state index is 0.434. The van der Waals surface area contributed by atoms with Crippen LogP contribution in [0.15, 0.2) is 35.3 Å². The number of hydrogen-bond donors (Lipinski definition) is 2. The van der Waals surface area contributed by atoms with E-state index in [-0.39, 0.29) is 0 Å². The summed E-state index contributed by atoms with van der Waals surface area (Å²) in [6.07, 6.45) is 5.93. The molecular formula is C11H12BrN5. The Bertz CT molecular complexity index is 488. The number of anilines is 2. The van der Waals surface area contributed by atoms with Crippen LogP contribution in [0.2, 0.25) is 0 Å². The van der Waals surface area contributed by atoms with Crippen LogP contribution in [0.25, 0.3) is 0 Å². The van der Waals surface area contributed by atoms with Crippen LogP contribution in [-0.4, -0.2) is 21.5 Å². The summed E-state index contributed by atoms with van der Waals surface area (Å²) in [7, 11) is 0. The molecule has 0 fully saturated rings. The van der Waals surface area contributed by atoms with Gasteiger partial charge < -0.3 is 11.1 Å². The van der Waals surface area contributed by atoms with Crippen molar-refractivity contribution in [3.8, 4) is 0 Å². The first kappa shape index (κ1) is 11.8. The van der Waals surface area contributed by atoms with E-state index in [9.17, 15) is 0 Å². The molecule has 0 aliphatic rings. The second-order valence-electron chi connectivity index (χ2n) is 3.46. The van der Waals surface area contributed by atoms with Crippen LogP contribution in [0.5, 0.6) is 0 Å². The van der Waals surface area contributed by atoms with E-state index in [1.165, 1.54) is 11.9 Å². The summed E-state index contributed by atoms with van der Waals surface area (Å²) in [6, 6.07) is 3.96. The molecule has 0 saturated carbocycles. The lowest BCUT2D eigenvalue weighted by Crippen LogP contribution is -2.08. The Morgan fingerprint density at radius 1 is 1.35 bits per heavy atom. The molecular weight excluding hydrogens is 282 g/mol. The van der Waals surface area contributed by atoms with Crippen LogP contribution in [0.3, 0.4) is 0 Å². The van der Waals surface area contributed by atoms with Crippen LogP contribution in [0, 0.1) is 0 Å². The van der Waals surface area contributed by atoms with E-state index in [1.807, 2.05) is 18.3 Å². The van der Waals surface area contributed by atoms with Gasteiger partial charge in [-0.2, -0.15) is 0 Å². The second kappa shape index (κ2) is 5.58. The van der Waals surface area contributed by atoms with Gasteiger partial charge in [0.25, 0.3) is 0 Å². The summed E-state index contributed by atoms with van der Waals surface area (Å²) >= 11 is 3.34. The van der Waals surface area contributed by atoms with Crippen molar-refractivity contribution in [2.75, 3.05) is 17.6 Å². The minimum atomic E-state index is 0.434. The number of aromatic nitrogens is 3. The summed E-state index contributed by atoms with van der Waals surface area (Å²) < 4.78 is 0.700. The zero-order chi connectivity index (χ0) is 12.1. The van der Waals surface area contributed by atoms with Crippen LogP contribution in [0.4, 0.5) is 11.6 Å². The molecule has 0 spiro atoms. The molecule has 0 aliphatic heterocycles. The second-order valence-corrected chi connectivity index (χ2v) is 4.25. The third kappa shape index (κ3) is 3.13. The third-order valence-corrected chi connectivity index (χ3v) is 3.03. The van der Waals surface area contributed by atoms with E-state index in [0.29, 0.717) is 16.1 Å². The lowest BCUT2D eigenvalue weighted by Gasteiger charge is -2.07. The Balaban J connectivity index is 1.93. The number of rotatable bonds is 4. The number of pyridine rings is 1. The Morgan fingerprint density at radius 3 is 3.00 bits per heavy atom. The SMILES string of the molecule is Nc1ncnc(NCCc2cccnc2)c1Br. The summed E-state index contributed by atoms with van der Waals surface area (Å²) in [5.74, 6) is 1.14. The minimum Gasteiger partial charge on any atom is -0.383 e. The number of nitrogens with one attached hydrogen (secondary N) is 1. The van der Waals surface area contributed by atoms with Gasteiger partial charge in [0.1, 0.15) is 22.4 Å². The highest BCUT2D eigenvalue weighted by atomic mass is 79.9. The maximum atomic E-state index is 5.66. The molecule has 3 N–H and O–H groups in total. The average Bonchev–Trinajstić information content (AvgIpc) is 2.36. The quantitative estimate of drug-likeness (QED) is 0.900. The summed E-state index contributed by atoms with van der Waals surface area (Å²) in [4.78, 5) is 12.0. The van der Waals surface area contributed by atoms with Crippen LogP contribution in [0.1, 0.15) is 5.56 Å². The van der Waals surface area contributed by atoms with Gasteiger partial charge >= 0.3 is 0 Å². The molecule has 0 bridgehead atoms. The Labute approximate surface area is 108 Å². The molecule has 2 heterocycles. The summed E-state index contributed by atoms with van der Waals surface area (Å²) in [6.45, 7) is 0.765. The first-order valence-corrected chi connectivity index (χ1v) is 5.95. The monoisotopic (exact) mass is 293 g/mol. The zero-order valence-electron chi connectivity index (χ0n) is 9.10. The lowest BCUT2D eigenvalue weighted by molar-refractivity contribution is 0.986. The van der Waals surface area contributed by atoms with Gasteiger partial charge in [0.2, 0.25) is 0 Å². The van der Waals surface area contributed by atoms with Crippen LogP contribution >= 0.6 is 15.9 Å². The van der Waals surface area contributed by atoms with Gasteiger partial charge in [-0.05, 0) is 34.0 Å². The molecule has 88 valence electrons. The molecule has 2 aromatic rings. The molecule has 6 heteroatoms. The van der Waals surface area contributed by atoms with Gasteiger partial charge in [0.05, 0.1) is 0 Å². The molecule has 0 saturated heterocycles. The molecule has 17 heavy (non-hydrogen) atoms. The van der Waals surface area contributed by atoms with Crippen molar-refractivity contribution in [2.45, 2.75) is 6.42 Å². The fourth-order valence-electron chi connectivity index (χ4n) is 1.38. The van der Waals surface area contributed by atoms with E-state index in [4.69, 9.17) is 5.73 Å². The molecule has 2 aromatic heterocycles. The van der Waals surface area contributed by atoms with Gasteiger partial charge in [-0.3, -0.25) is 4.98 Å². The van der Waals surface area contributed by atoms with E-state index < -0.39 is 0 Å². The highest BCUT2D eigenvalue weighted by molar-refractivity contribution is 9.10. The van der Waals surface area contributed by atoms with Crippen molar-refractivity contribution in [3.05, 3.63) is 40.9 Å². The topological polar surface area (TPSA) is 76.7 Å². The number of nitrogens with zero attached hydrogens (tertiary/aromatic N) is 3. The largest absolute Gasteiger partial charge is 0.383 e. The highest BCUT2D eigenvalue weighted by Gasteiger charge is 2.04. The predicted octanol–water partition coefficient (Wildman–Crippen LogP) is 1.87. The number of halogens is 1. The fraction of sp³-hybridized carbons (Fsp3) is 0.182. The van der Waals surface area contributed by atoms with Crippen molar-refractivity contribution >= 4 is 27.6 Å². The van der Waals surface area contributed by atoms with Crippen LogP contribution in [-0.2, 0) is 6.42 Å². The molecule has 5 nitrogen and oxygen atoms in total. The van der Waals surface area contributed by atoms with Gasteiger partial charge in [0, 0.05) is 18.9 Å². The normalized spacial score (nSPS) is 10.2. The summed E-state index contributed by atoms with van der Waals surface area (Å²) in [5, 5.41) is 3.20. The van der Waals surface area contributed by atoms with Crippen LogP contribution < -0.4 is 11.1 Å². The van der Waals surface area contributed by atoms with E-state index >= 15 is 0 Å². The number of hydrogen-bond acceptors (Lipinski definition) is 5. The van der Waals surface area contributed by atoms with E-state index in [0.717, 1.165) is 13.0 Å². The van der Waals surface area contributed by atoms with Gasteiger partial charge in [-0.1, -0.05) is 6.07 Å². The summed E-state index contributed by atoms with van der Waals surface area (Å²) in [5.41, 5.74) is 6.83. The van der Waals surface area contributed by atoms with Gasteiger partial charge in [0.15, 0.2) is 0 Å². The third-order valence-electron chi connectivity index (χ3n) is 2.25. The lowest BCUT2D eigenvalue weighted by atomic mass is 10.2. The van der Waals surface area contributed by atoms with Crippen molar-refractivity contribution in [2.24, 2.45) is 0 Å². The van der Waals surface area contributed by atoms with Crippen molar-refractivity contribution in [1.82, 2.24) is 15.0 Å². The Morgan fingerprint density at radius 2 is 2.24 bits per heavy atom. The number of nitrogen functional groups attached to an aromatic ring is 1. The maximum Gasteiger partial charge on any atom is 0.145 e. The van der Waals surface area contributed by atoms with Gasteiger partial charge in [-0.15, -0.1) is 0 Å². The number of nitrogens with two attached hydrogens (primary N) is 1. The molecule has 0 atom stereocenters. The smallest absolute Gasteiger partial charge is 0.145 e. The Hall–Kier alpha value is -1.69. The highest BCUT2D eigenvalue weighted by Crippen LogP contribution is 2.23. The molecule has 0 radical (unpaired) electrons. The maximum absolute atomic E-state index is 5.66. The van der Waals surface area contributed by atoms with Gasteiger partial charge in [-0.25, -0.2) is 9.97 Å². The zero-order valence-corrected chi connectivity index (χ0v) is 10.7. The standard InChI is InChI=1S/C11H12BrN5/c12-9-10(13)16-7-17-11(9)15-5-3-8-2-1-4-14-6-8/h1-2,4,6-7H,3,5H2,(H3,13,15,16,17). The first-order chi connectivity index (χ1) is 8.27. The molecule has 0 aliphatic carbocycles. The predicted molar refractivity (Wildman–Crippen MR) is 70.6 cm³/mol. The first-order valence-electron chi connectivity index (χ1n) is 5.16. The van der Waals surface area contributed by atoms with Crippen molar-refractivity contribution in [3.63, 3.8) is 0 Å². The fourth-order valence-corrected chi connectivity index (χ4v) is 1.72. The van der Waals surface area contributed by atoms with E-state index in [2.05, 4.69) is 36.2 Å². The van der Waals surface area contributed by atoms with E-state index in [1.54, 1.807) is 6.20 Å². The molecule has 0 amide bonds. The van der Waals surface area contributed by atoms with Crippen molar-refractivity contribution in [1.29, 1.82) is 0 Å². The molecule has 2 rings (SSSR count). The molecule has 0 unspecified atom stereocenters. The Kier molecular flexibility index (Phi) is 3.87.